The Morgan fingerprint density at radius 3 is 2.74 bits per heavy atom. The van der Waals surface area contributed by atoms with E-state index in [1.54, 1.807) is 13.0 Å². The van der Waals surface area contributed by atoms with Gasteiger partial charge in [0.15, 0.2) is 0 Å². The summed E-state index contributed by atoms with van der Waals surface area (Å²) in [5.74, 6) is -0.889. The molecule has 7 nitrogen and oxygen atoms in total. The lowest BCUT2D eigenvalue weighted by molar-refractivity contribution is -0.385. The lowest BCUT2D eigenvalue weighted by Crippen LogP contribution is -2.18. The highest BCUT2D eigenvalue weighted by molar-refractivity contribution is 5.66. The predicted octanol–water partition coefficient (Wildman–Crippen LogP) is 1.57. The van der Waals surface area contributed by atoms with Gasteiger partial charge < -0.3 is 9.67 Å². The van der Waals surface area contributed by atoms with Crippen LogP contribution in [0, 0.1) is 10.1 Å². The molecule has 1 N–H and O–H groups in total. The molecule has 0 saturated carbocycles. The van der Waals surface area contributed by atoms with Crippen molar-refractivity contribution in [3.05, 3.63) is 50.4 Å². The van der Waals surface area contributed by atoms with Crippen LogP contribution in [0.2, 0.25) is 0 Å². The highest BCUT2D eigenvalue weighted by Gasteiger charge is 2.06. The van der Waals surface area contributed by atoms with Gasteiger partial charge in [0.2, 0.25) is 0 Å². The maximum Gasteiger partial charge on any atom is 0.303 e. The van der Waals surface area contributed by atoms with E-state index in [9.17, 15) is 19.7 Å². The quantitative estimate of drug-likeness (QED) is 0.478. The van der Waals surface area contributed by atoms with Gasteiger partial charge >= 0.3 is 5.97 Å². The monoisotopic (exact) mass is 266 g/mol. The van der Waals surface area contributed by atoms with Crippen LogP contribution in [0.3, 0.4) is 0 Å². The Morgan fingerprint density at radius 1 is 1.47 bits per heavy atom. The minimum atomic E-state index is -0.889. The molecular formula is C12H14N2O5. The first-order valence-electron chi connectivity index (χ1n) is 5.62. The Bertz CT molecular complexity index is 574. The number of carboxylic acids is 1. The maximum absolute atomic E-state index is 11.5. The zero-order chi connectivity index (χ0) is 14.4. The van der Waals surface area contributed by atoms with Crippen molar-refractivity contribution in [2.45, 2.75) is 26.3 Å². The summed E-state index contributed by atoms with van der Waals surface area (Å²) in [5, 5.41) is 19.1. The summed E-state index contributed by atoms with van der Waals surface area (Å²) in [4.78, 5) is 31.9. The molecule has 102 valence electrons. The molecule has 1 rings (SSSR count). The van der Waals surface area contributed by atoms with Crippen molar-refractivity contribution in [1.29, 1.82) is 0 Å². The summed E-state index contributed by atoms with van der Waals surface area (Å²) in [7, 11) is 0. The number of hydrogen-bond donors (Lipinski definition) is 1. The van der Waals surface area contributed by atoms with Crippen LogP contribution in [0.15, 0.2) is 34.8 Å². The Hall–Kier alpha value is -2.44. The summed E-state index contributed by atoms with van der Waals surface area (Å²) in [6, 6.07) is 2.29. The molecule has 1 aromatic rings. The molecule has 19 heavy (non-hydrogen) atoms. The van der Waals surface area contributed by atoms with Gasteiger partial charge in [-0.25, -0.2) is 0 Å². The van der Waals surface area contributed by atoms with Crippen LogP contribution in [-0.4, -0.2) is 20.6 Å². The number of aliphatic carboxylic acids is 1. The summed E-state index contributed by atoms with van der Waals surface area (Å²) >= 11 is 0. The van der Waals surface area contributed by atoms with Gasteiger partial charge in [0.25, 0.3) is 11.2 Å². The zero-order valence-corrected chi connectivity index (χ0v) is 10.4. The van der Waals surface area contributed by atoms with E-state index in [-0.39, 0.29) is 24.2 Å². The molecule has 0 radical (unpaired) electrons. The molecule has 7 heteroatoms. The molecule has 0 unspecified atom stereocenters. The number of nitrogens with zero attached hydrogens (tertiary/aromatic N) is 2. The number of carbonyl (C=O) groups is 1. The average molecular weight is 266 g/mol. The molecule has 1 aromatic heterocycles. The Balaban J connectivity index is 2.79. The van der Waals surface area contributed by atoms with E-state index in [0.29, 0.717) is 6.42 Å². The maximum atomic E-state index is 11.5. The largest absolute Gasteiger partial charge is 0.481 e. The van der Waals surface area contributed by atoms with E-state index in [1.807, 2.05) is 0 Å². The third-order valence-corrected chi connectivity index (χ3v) is 2.55. The second kappa shape index (κ2) is 6.48. The van der Waals surface area contributed by atoms with Crippen molar-refractivity contribution in [1.82, 2.24) is 4.57 Å². The van der Waals surface area contributed by atoms with Crippen LogP contribution in [0.25, 0.3) is 0 Å². The standard InChI is InChI=1S/C12H14N2O5/c1-9(2-5-12(16)17)6-7-13-8-10(14(18)19)3-4-11(13)15/h3-4,6,8H,2,5,7H2,1H3,(H,16,17). The third-order valence-electron chi connectivity index (χ3n) is 2.55. The number of rotatable bonds is 6. The van der Waals surface area contributed by atoms with E-state index in [1.165, 1.54) is 10.8 Å². The first kappa shape index (κ1) is 14.6. The fraction of sp³-hybridized carbons (Fsp3) is 0.333. The van der Waals surface area contributed by atoms with Crippen LogP contribution >= 0.6 is 0 Å². The van der Waals surface area contributed by atoms with E-state index >= 15 is 0 Å². The van der Waals surface area contributed by atoms with E-state index in [4.69, 9.17) is 5.11 Å². The summed E-state index contributed by atoms with van der Waals surface area (Å²) < 4.78 is 1.21. The first-order chi connectivity index (χ1) is 8.90. The molecule has 0 spiro atoms. The van der Waals surface area contributed by atoms with Crippen molar-refractivity contribution in [2.24, 2.45) is 0 Å². The van der Waals surface area contributed by atoms with Gasteiger partial charge in [-0.1, -0.05) is 11.6 Å². The highest BCUT2D eigenvalue weighted by Crippen LogP contribution is 2.08. The minimum Gasteiger partial charge on any atom is -0.481 e. The summed E-state index contributed by atoms with van der Waals surface area (Å²) in [6.45, 7) is 1.94. The highest BCUT2D eigenvalue weighted by atomic mass is 16.6. The summed E-state index contributed by atoms with van der Waals surface area (Å²) in [6.07, 6.45) is 3.27. The van der Waals surface area contributed by atoms with Crippen LogP contribution in [-0.2, 0) is 11.3 Å². The van der Waals surface area contributed by atoms with Crippen LogP contribution in [0.5, 0.6) is 0 Å². The minimum absolute atomic E-state index is 0.0200. The number of pyridine rings is 1. The van der Waals surface area contributed by atoms with Gasteiger partial charge in [0, 0.05) is 25.1 Å². The zero-order valence-electron chi connectivity index (χ0n) is 10.4. The molecule has 0 atom stereocenters. The fourth-order valence-corrected chi connectivity index (χ4v) is 1.43. The molecule has 0 fully saturated rings. The molecule has 0 amide bonds. The number of carboxylic acid groups (broad SMARTS) is 1. The van der Waals surface area contributed by atoms with E-state index < -0.39 is 10.9 Å². The molecule has 1 heterocycles. The Morgan fingerprint density at radius 2 is 2.16 bits per heavy atom. The lowest BCUT2D eigenvalue weighted by atomic mass is 10.1. The van der Waals surface area contributed by atoms with Gasteiger partial charge in [-0.05, 0) is 13.3 Å². The number of allylic oxidation sites excluding steroid dienone is 2. The van der Waals surface area contributed by atoms with Gasteiger partial charge in [-0.15, -0.1) is 0 Å². The smallest absolute Gasteiger partial charge is 0.303 e. The SMILES string of the molecule is CC(=CCn1cc([N+](=O)[O-])ccc1=O)CCC(=O)O. The van der Waals surface area contributed by atoms with Crippen molar-refractivity contribution in [2.75, 3.05) is 0 Å². The normalized spacial score (nSPS) is 11.3. The number of nitro groups is 1. The van der Waals surface area contributed by atoms with Crippen molar-refractivity contribution < 1.29 is 14.8 Å². The number of aromatic nitrogens is 1. The van der Waals surface area contributed by atoms with Crippen LogP contribution in [0.4, 0.5) is 5.69 Å². The van der Waals surface area contributed by atoms with Gasteiger partial charge in [-0.2, -0.15) is 0 Å². The summed E-state index contributed by atoms with van der Waals surface area (Å²) in [5.41, 5.74) is 0.324. The first-order valence-corrected chi connectivity index (χ1v) is 5.62. The molecule has 0 aliphatic carbocycles. The van der Waals surface area contributed by atoms with Crippen molar-refractivity contribution in [3.8, 4) is 0 Å². The fourth-order valence-electron chi connectivity index (χ4n) is 1.43. The van der Waals surface area contributed by atoms with Crippen molar-refractivity contribution in [3.63, 3.8) is 0 Å². The Labute approximate surface area is 108 Å². The molecule has 0 aromatic carbocycles. The van der Waals surface area contributed by atoms with Crippen molar-refractivity contribution >= 4 is 11.7 Å². The molecule has 0 aliphatic rings. The molecule has 0 saturated heterocycles. The topological polar surface area (TPSA) is 102 Å². The second-order valence-electron chi connectivity index (χ2n) is 4.08. The molecule has 0 aliphatic heterocycles. The molecule has 0 bridgehead atoms. The average Bonchev–Trinajstić information content (AvgIpc) is 2.35. The van der Waals surface area contributed by atoms with Crippen LogP contribution < -0.4 is 5.56 Å². The predicted molar refractivity (Wildman–Crippen MR) is 68.0 cm³/mol. The number of hydrogen-bond acceptors (Lipinski definition) is 4. The van der Waals surface area contributed by atoms with Crippen LogP contribution in [0.1, 0.15) is 19.8 Å². The van der Waals surface area contributed by atoms with E-state index in [2.05, 4.69) is 0 Å². The third kappa shape index (κ3) is 4.74. The lowest BCUT2D eigenvalue weighted by Gasteiger charge is -2.03. The second-order valence-corrected chi connectivity index (χ2v) is 4.08. The molecular weight excluding hydrogens is 252 g/mol. The van der Waals surface area contributed by atoms with Gasteiger partial charge in [-0.3, -0.25) is 19.7 Å². The van der Waals surface area contributed by atoms with Gasteiger partial charge in [0.05, 0.1) is 11.1 Å². The Kier molecular flexibility index (Phi) is 4.99. The van der Waals surface area contributed by atoms with Gasteiger partial charge in [0.1, 0.15) is 0 Å². The van der Waals surface area contributed by atoms with E-state index in [0.717, 1.165) is 17.7 Å².